The van der Waals surface area contributed by atoms with Crippen LogP contribution in [0.2, 0.25) is 0 Å². The summed E-state index contributed by atoms with van der Waals surface area (Å²) in [5, 5.41) is 6.13. The van der Waals surface area contributed by atoms with E-state index in [1.807, 2.05) is 7.05 Å². The fourth-order valence-electron chi connectivity index (χ4n) is 2.66. The van der Waals surface area contributed by atoms with E-state index in [0.717, 1.165) is 13.1 Å². The molecule has 2 rings (SSSR count). The number of hydrogen-bond donors (Lipinski definition) is 2. The van der Waals surface area contributed by atoms with Gasteiger partial charge in [0.25, 0.3) is 0 Å². The monoisotopic (exact) mass is 387 g/mol. The Kier molecular flexibility index (Phi) is 6.73. The minimum atomic E-state index is -3.79. The lowest BCUT2D eigenvalue weighted by molar-refractivity contribution is -0.134. The van der Waals surface area contributed by atoms with Crippen molar-refractivity contribution in [1.82, 2.24) is 25.0 Å². The molecule has 1 aromatic heterocycles. The number of nitrogens with one attached hydrogen (secondary N) is 2. The summed E-state index contributed by atoms with van der Waals surface area (Å²) in [7, 11) is -1.80. The summed E-state index contributed by atoms with van der Waals surface area (Å²) in [6.45, 7) is 5.77. The van der Waals surface area contributed by atoms with Gasteiger partial charge in [-0.05, 0) is 20.9 Å². The molecule has 0 saturated carbocycles. The maximum atomic E-state index is 12.2. The maximum Gasteiger partial charge on any atom is 0.245 e. The van der Waals surface area contributed by atoms with Gasteiger partial charge in [-0.15, -0.1) is 0 Å². The molecule has 2 N–H and O–H groups in total. The Morgan fingerprint density at radius 1 is 1.19 bits per heavy atom. The average Bonchev–Trinajstić information content (AvgIpc) is 2.92. The minimum absolute atomic E-state index is 0.0110. The zero-order chi connectivity index (χ0) is 19.3. The van der Waals surface area contributed by atoms with Gasteiger partial charge in [0.15, 0.2) is 5.76 Å². The Morgan fingerprint density at radius 3 is 2.42 bits per heavy atom. The van der Waals surface area contributed by atoms with Crippen molar-refractivity contribution in [2.75, 3.05) is 46.3 Å². The average molecular weight is 387 g/mol. The van der Waals surface area contributed by atoms with Crippen LogP contribution in [-0.4, -0.2) is 81.5 Å². The number of rotatable bonds is 7. The van der Waals surface area contributed by atoms with E-state index in [4.69, 9.17) is 4.52 Å². The van der Waals surface area contributed by atoms with Crippen LogP contribution in [0, 0.1) is 13.8 Å². The minimum Gasteiger partial charge on any atom is -0.360 e. The van der Waals surface area contributed by atoms with Crippen LogP contribution in [0.3, 0.4) is 0 Å². The third kappa shape index (κ3) is 5.26. The van der Waals surface area contributed by atoms with Crippen molar-refractivity contribution in [1.29, 1.82) is 0 Å². The Morgan fingerprint density at radius 2 is 1.85 bits per heavy atom. The molecule has 2 heterocycles. The van der Waals surface area contributed by atoms with Gasteiger partial charge in [0, 0.05) is 39.1 Å². The van der Waals surface area contributed by atoms with Gasteiger partial charge < -0.3 is 19.6 Å². The Hall–Kier alpha value is -1.98. The molecule has 11 heteroatoms. The second-order valence-corrected chi connectivity index (χ2v) is 7.97. The van der Waals surface area contributed by atoms with Crippen LogP contribution in [0.25, 0.3) is 0 Å². The second-order valence-electron chi connectivity index (χ2n) is 6.26. The van der Waals surface area contributed by atoms with Crippen LogP contribution in [0.15, 0.2) is 9.42 Å². The Labute approximate surface area is 152 Å². The van der Waals surface area contributed by atoms with Gasteiger partial charge in [-0.2, -0.15) is 0 Å². The van der Waals surface area contributed by atoms with Crippen molar-refractivity contribution in [3.05, 3.63) is 11.5 Å². The third-order valence-corrected chi connectivity index (χ3v) is 5.88. The van der Waals surface area contributed by atoms with Crippen LogP contribution in [-0.2, 0) is 19.6 Å². The number of amides is 2. The highest BCUT2D eigenvalue weighted by atomic mass is 32.2. The molecule has 1 aliphatic rings. The molecule has 0 aromatic carbocycles. The van der Waals surface area contributed by atoms with Gasteiger partial charge in [-0.1, -0.05) is 5.16 Å². The van der Waals surface area contributed by atoms with Crippen molar-refractivity contribution in [2.24, 2.45) is 0 Å². The molecule has 1 fully saturated rings. The zero-order valence-corrected chi connectivity index (χ0v) is 16.1. The van der Waals surface area contributed by atoms with E-state index in [9.17, 15) is 18.0 Å². The van der Waals surface area contributed by atoms with Crippen molar-refractivity contribution in [2.45, 2.75) is 25.2 Å². The van der Waals surface area contributed by atoms with E-state index in [1.54, 1.807) is 4.90 Å². The standard InChI is InChI=1S/C15H25N5O5S/c1-11-15(12(2)25-18-11)26(23,24)17-5-4-13(21)16-10-14(22)20-8-6-19(3)7-9-20/h17H,4-10H2,1-3H3,(H,16,21). The number of likely N-dealkylation sites (N-methyl/N-ethyl adjacent to an activating group) is 1. The van der Waals surface area contributed by atoms with E-state index in [-0.39, 0.29) is 41.8 Å². The molecule has 1 saturated heterocycles. The van der Waals surface area contributed by atoms with Gasteiger partial charge in [0.05, 0.1) is 6.54 Å². The summed E-state index contributed by atoms with van der Waals surface area (Å²) < 4.78 is 31.6. The fourth-order valence-corrected chi connectivity index (χ4v) is 4.02. The first kappa shape index (κ1) is 20.3. The van der Waals surface area contributed by atoms with Crippen LogP contribution < -0.4 is 10.0 Å². The summed E-state index contributed by atoms with van der Waals surface area (Å²) in [6, 6.07) is 0. The van der Waals surface area contributed by atoms with Crippen LogP contribution in [0.1, 0.15) is 17.9 Å². The SMILES string of the molecule is Cc1noc(C)c1S(=O)(=O)NCCC(=O)NCC(=O)N1CCN(C)CC1. The lowest BCUT2D eigenvalue weighted by Crippen LogP contribution is -2.50. The molecule has 0 unspecified atom stereocenters. The van der Waals surface area contributed by atoms with Crippen molar-refractivity contribution >= 4 is 21.8 Å². The smallest absolute Gasteiger partial charge is 0.245 e. The lowest BCUT2D eigenvalue weighted by Gasteiger charge is -2.32. The quantitative estimate of drug-likeness (QED) is 0.605. The molecule has 10 nitrogen and oxygen atoms in total. The second kappa shape index (κ2) is 8.60. The highest BCUT2D eigenvalue weighted by molar-refractivity contribution is 7.89. The lowest BCUT2D eigenvalue weighted by atomic mass is 10.3. The molecular weight excluding hydrogens is 362 g/mol. The van der Waals surface area contributed by atoms with Gasteiger partial charge in [0.2, 0.25) is 21.8 Å². The van der Waals surface area contributed by atoms with E-state index in [0.29, 0.717) is 13.1 Å². The summed E-state index contributed by atoms with van der Waals surface area (Å²) >= 11 is 0. The maximum absolute atomic E-state index is 12.2. The number of hydrogen-bond acceptors (Lipinski definition) is 7. The van der Waals surface area contributed by atoms with E-state index in [2.05, 4.69) is 20.1 Å². The molecule has 0 radical (unpaired) electrons. The number of nitrogens with zero attached hydrogens (tertiary/aromatic N) is 3. The summed E-state index contributed by atoms with van der Waals surface area (Å²) in [5.74, 6) is -0.339. The normalized spacial score (nSPS) is 15.9. The van der Waals surface area contributed by atoms with E-state index >= 15 is 0 Å². The van der Waals surface area contributed by atoms with E-state index in [1.165, 1.54) is 13.8 Å². The topological polar surface area (TPSA) is 125 Å². The third-order valence-electron chi connectivity index (χ3n) is 4.17. The first-order chi connectivity index (χ1) is 12.2. The number of sulfonamides is 1. The molecule has 0 atom stereocenters. The number of aryl methyl sites for hydroxylation is 2. The highest BCUT2D eigenvalue weighted by Crippen LogP contribution is 2.18. The summed E-state index contributed by atoms with van der Waals surface area (Å²) in [4.78, 5) is 27.7. The van der Waals surface area contributed by atoms with Crippen molar-refractivity contribution < 1.29 is 22.5 Å². The molecular formula is C15H25N5O5S. The summed E-state index contributed by atoms with van der Waals surface area (Å²) in [6.07, 6.45) is -0.0708. The van der Waals surface area contributed by atoms with Crippen LogP contribution >= 0.6 is 0 Å². The molecule has 0 spiro atoms. The number of carbonyl (C=O) groups is 2. The highest BCUT2D eigenvalue weighted by Gasteiger charge is 2.24. The molecule has 0 aliphatic carbocycles. The van der Waals surface area contributed by atoms with E-state index < -0.39 is 15.9 Å². The van der Waals surface area contributed by atoms with Crippen molar-refractivity contribution in [3.8, 4) is 0 Å². The molecule has 26 heavy (non-hydrogen) atoms. The first-order valence-corrected chi connectivity index (χ1v) is 9.84. The van der Waals surface area contributed by atoms with Gasteiger partial charge in [0.1, 0.15) is 10.6 Å². The molecule has 0 bridgehead atoms. The Bertz CT molecular complexity index is 733. The van der Waals surface area contributed by atoms with Gasteiger partial charge in [-0.3, -0.25) is 9.59 Å². The summed E-state index contributed by atoms with van der Waals surface area (Å²) in [5.41, 5.74) is 0.261. The zero-order valence-electron chi connectivity index (χ0n) is 15.2. The fraction of sp³-hybridized carbons (Fsp3) is 0.667. The Balaban J connectivity index is 1.73. The predicted octanol–water partition coefficient (Wildman–Crippen LogP) is -1.15. The molecule has 1 aromatic rings. The largest absolute Gasteiger partial charge is 0.360 e. The molecule has 146 valence electrons. The molecule has 2 amide bonds. The number of carbonyl (C=O) groups excluding carboxylic acids is 2. The number of piperazine rings is 1. The van der Waals surface area contributed by atoms with Gasteiger partial charge in [-0.25, -0.2) is 13.1 Å². The van der Waals surface area contributed by atoms with Crippen molar-refractivity contribution in [3.63, 3.8) is 0 Å². The van der Waals surface area contributed by atoms with Gasteiger partial charge >= 0.3 is 0 Å². The van der Waals surface area contributed by atoms with Crippen LogP contribution in [0.4, 0.5) is 0 Å². The van der Waals surface area contributed by atoms with Crippen LogP contribution in [0.5, 0.6) is 0 Å². The first-order valence-electron chi connectivity index (χ1n) is 8.36. The molecule has 1 aliphatic heterocycles. The number of aromatic nitrogens is 1. The predicted molar refractivity (Wildman–Crippen MR) is 92.9 cm³/mol.